The number of fused-ring (bicyclic) bond motifs is 1. The Hall–Kier alpha value is -2.61. The van der Waals surface area contributed by atoms with Gasteiger partial charge in [-0.1, -0.05) is 18.2 Å². The average molecular weight is 269 g/mol. The average Bonchev–Trinajstić information content (AvgIpc) is 2.45. The van der Waals surface area contributed by atoms with Gasteiger partial charge in [-0.05, 0) is 26.0 Å². The molecule has 0 aliphatic heterocycles. The third kappa shape index (κ3) is 2.69. The topological polar surface area (TPSA) is 86.0 Å². The molecule has 0 fully saturated rings. The van der Waals surface area contributed by atoms with Gasteiger partial charge < -0.3 is 10.4 Å². The van der Waals surface area contributed by atoms with Gasteiger partial charge in [0.1, 0.15) is 11.9 Å². The van der Waals surface area contributed by atoms with Gasteiger partial charge in [-0.15, -0.1) is 0 Å². The molecule has 2 N–H and O–H groups in total. The van der Waals surface area contributed by atoms with Crippen LogP contribution in [0.25, 0.3) is 10.9 Å². The van der Waals surface area contributed by atoms with Crippen LogP contribution in [0.3, 0.4) is 0 Å². The number of anilines is 1. The number of benzene rings is 1. The minimum atomic E-state index is -0.885. The molecule has 5 nitrogen and oxygen atoms in total. The number of rotatable bonds is 4. The Morgan fingerprint density at radius 3 is 2.75 bits per heavy atom. The predicted octanol–water partition coefficient (Wildman–Crippen LogP) is 2.63. The van der Waals surface area contributed by atoms with Gasteiger partial charge in [0.25, 0.3) is 0 Å². The molecule has 1 aromatic heterocycles. The molecule has 5 heteroatoms. The van der Waals surface area contributed by atoms with Crippen LogP contribution >= 0.6 is 0 Å². The van der Waals surface area contributed by atoms with E-state index < -0.39 is 11.9 Å². The molecule has 0 amide bonds. The van der Waals surface area contributed by atoms with Crippen LogP contribution in [0.2, 0.25) is 0 Å². The van der Waals surface area contributed by atoms with Crippen molar-refractivity contribution in [3.05, 3.63) is 35.9 Å². The fourth-order valence-electron chi connectivity index (χ4n) is 1.87. The fourth-order valence-corrected chi connectivity index (χ4v) is 1.87. The summed E-state index contributed by atoms with van der Waals surface area (Å²) in [5.41, 5.74) is 1.18. The number of carbonyl (C=O) groups is 1. The lowest BCUT2D eigenvalue weighted by Crippen LogP contribution is -2.30. The van der Waals surface area contributed by atoms with Gasteiger partial charge >= 0.3 is 5.97 Å². The van der Waals surface area contributed by atoms with E-state index >= 15 is 0 Å². The summed E-state index contributed by atoms with van der Waals surface area (Å²) in [7, 11) is 0. The number of nitrogens with one attached hydrogen (secondary N) is 1. The first-order valence-corrected chi connectivity index (χ1v) is 6.32. The van der Waals surface area contributed by atoms with E-state index in [4.69, 9.17) is 5.11 Å². The summed E-state index contributed by atoms with van der Waals surface area (Å²) in [6, 6.07) is 11.0. The number of nitrogens with zero attached hydrogens (tertiary/aromatic N) is 2. The lowest BCUT2D eigenvalue weighted by Gasteiger charge is -2.19. The van der Waals surface area contributed by atoms with Crippen LogP contribution in [0.5, 0.6) is 0 Å². The van der Waals surface area contributed by atoms with Crippen molar-refractivity contribution in [2.45, 2.75) is 19.9 Å². The number of carboxylic acids is 1. The molecule has 2 aromatic rings. The predicted molar refractivity (Wildman–Crippen MR) is 76.3 cm³/mol. The summed E-state index contributed by atoms with van der Waals surface area (Å²) in [6.45, 7) is 3.38. The van der Waals surface area contributed by atoms with E-state index in [1.54, 1.807) is 19.9 Å². The van der Waals surface area contributed by atoms with E-state index in [0.29, 0.717) is 11.4 Å². The Morgan fingerprint density at radius 2 is 2.10 bits per heavy atom. The standard InChI is InChI=1S/C15H15N3O2/c1-9(15(19)20)10(2)17-14-12(8-16)7-11-5-3-4-6-13(11)18-14/h3-7,9-10H,1-2H3,(H,17,18)(H,19,20). The van der Waals surface area contributed by atoms with Gasteiger partial charge in [0.15, 0.2) is 0 Å². The van der Waals surface area contributed by atoms with Gasteiger partial charge in [0, 0.05) is 11.4 Å². The molecule has 0 aliphatic carbocycles. The van der Waals surface area contributed by atoms with E-state index in [2.05, 4.69) is 16.4 Å². The quantitative estimate of drug-likeness (QED) is 0.891. The zero-order valence-corrected chi connectivity index (χ0v) is 11.3. The Bertz CT molecular complexity index is 691. The minimum absolute atomic E-state index is 0.326. The van der Waals surface area contributed by atoms with Gasteiger partial charge in [0.05, 0.1) is 17.0 Å². The summed E-state index contributed by atoms with van der Waals surface area (Å²) in [5, 5.41) is 22.1. The number of pyridine rings is 1. The second-order valence-corrected chi connectivity index (χ2v) is 4.75. The molecule has 2 unspecified atom stereocenters. The number of nitriles is 1. The van der Waals surface area contributed by atoms with Gasteiger partial charge in [-0.3, -0.25) is 4.79 Å². The molecule has 0 spiro atoms. The maximum Gasteiger partial charge on any atom is 0.308 e. The zero-order valence-electron chi connectivity index (χ0n) is 11.3. The molecule has 20 heavy (non-hydrogen) atoms. The molecule has 0 aliphatic rings. The number of hydrogen-bond acceptors (Lipinski definition) is 4. The molecule has 102 valence electrons. The number of aliphatic carboxylic acids is 1. The number of hydrogen-bond donors (Lipinski definition) is 2. The molecule has 0 radical (unpaired) electrons. The third-order valence-electron chi connectivity index (χ3n) is 3.35. The van der Waals surface area contributed by atoms with E-state index in [0.717, 1.165) is 10.9 Å². The zero-order chi connectivity index (χ0) is 14.7. The Labute approximate surface area is 116 Å². The van der Waals surface area contributed by atoms with Crippen LogP contribution in [0.15, 0.2) is 30.3 Å². The molecular formula is C15H15N3O2. The SMILES string of the molecule is CC(Nc1nc2ccccc2cc1C#N)C(C)C(=O)O. The summed E-state index contributed by atoms with van der Waals surface area (Å²) in [5.74, 6) is -1.04. The van der Waals surface area contributed by atoms with Crippen molar-refractivity contribution in [1.82, 2.24) is 4.98 Å². The third-order valence-corrected chi connectivity index (χ3v) is 3.35. The van der Waals surface area contributed by atoms with E-state index in [1.165, 1.54) is 0 Å². The second-order valence-electron chi connectivity index (χ2n) is 4.75. The normalized spacial score (nSPS) is 13.4. The minimum Gasteiger partial charge on any atom is -0.481 e. The first-order valence-electron chi connectivity index (χ1n) is 6.32. The molecule has 0 saturated carbocycles. The van der Waals surface area contributed by atoms with E-state index in [1.807, 2.05) is 24.3 Å². The highest BCUT2D eigenvalue weighted by Gasteiger charge is 2.20. The van der Waals surface area contributed by atoms with Crippen molar-refractivity contribution in [2.24, 2.45) is 5.92 Å². The smallest absolute Gasteiger partial charge is 0.308 e. The highest BCUT2D eigenvalue weighted by Crippen LogP contribution is 2.21. The molecule has 1 aromatic carbocycles. The number of aromatic nitrogens is 1. The summed E-state index contributed by atoms with van der Waals surface area (Å²) in [4.78, 5) is 15.4. The Morgan fingerprint density at radius 1 is 1.40 bits per heavy atom. The lowest BCUT2D eigenvalue weighted by atomic mass is 10.0. The second kappa shape index (κ2) is 5.57. The van der Waals surface area contributed by atoms with Crippen LogP contribution in [0, 0.1) is 17.2 Å². The fraction of sp³-hybridized carbons (Fsp3) is 0.267. The van der Waals surface area contributed by atoms with Gasteiger partial charge in [-0.25, -0.2) is 4.98 Å². The Kier molecular flexibility index (Phi) is 3.85. The van der Waals surface area contributed by atoms with Gasteiger partial charge in [-0.2, -0.15) is 5.26 Å². The maximum absolute atomic E-state index is 11.0. The van der Waals surface area contributed by atoms with Crippen LogP contribution in [-0.4, -0.2) is 22.1 Å². The van der Waals surface area contributed by atoms with Crippen LogP contribution in [0.1, 0.15) is 19.4 Å². The molecule has 2 rings (SSSR count). The van der Waals surface area contributed by atoms with E-state index in [9.17, 15) is 10.1 Å². The van der Waals surface area contributed by atoms with Crippen molar-refractivity contribution in [1.29, 1.82) is 5.26 Å². The maximum atomic E-state index is 11.0. The van der Waals surface area contributed by atoms with Crippen LogP contribution < -0.4 is 5.32 Å². The summed E-state index contributed by atoms with van der Waals surface area (Å²) < 4.78 is 0. The first-order chi connectivity index (χ1) is 9.52. The molecular weight excluding hydrogens is 254 g/mol. The Balaban J connectivity index is 2.38. The van der Waals surface area contributed by atoms with Crippen molar-refractivity contribution in [2.75, 3.05) is 5.32 Å². The summed E-state index contributed by atoms with van der Waals surface area (Å²) in [6.07, 6.45) is 0. The van der Waals surface area contributed by atoms with Crippen molar-refractivity contribution >= 4 is 22.7 Å². The highest BCUT2D eigenvalue weighted by atomic mass is 16.4. The van der Waals surface area contributed by atoms with Crippen molar-refractivity contribution in [3.8, 4) is 6.07 Å². The van der Waals surface area contributed by atoms with Crippen molar-refractivity contribution < 1.29 is 9.90 Å². The lowest BCUT2D eigenvalue weighted by molar-refractivity contribution is -0.141. The molecule has 0 saturated heterocycles. The van der Waals surface area contributed by atoms with Crippen molar-refractivity contribution in [3.63, 3.8) is 0 Å². The van der Waals surface area contributed by atoms with E-state index in [-0.39, 0.29) is 6.04 Å². The molecule has 0 bridgehead atoms. The molecule has 2 atom stereocenters. The summed E-state index contributed by atoms with van der Waals surface area (Å²) >= 11 is 0. The first kappa shape index (κ1) is 13.8. The molecule has 1 heterocycles. The number of carboxylic acid groups (broad SMARTS) is 1. The highest BCUT2D eigenvalue weighted by molar-refractivity contribution is 5.83. The largest absolute Gasteiger partial charge is 0.481 e. The van der Waals surface area contributed by atoms with Gasteiger partial charge in [0.2, 0.25) is 0 Å². The van der Waals surface area contributed by atoms with Crippen LogP contribution in [-0.2, 0) is 4.79 Å². The number of para-hydroxylation sites is 1. The monoisotopic (exact) mass is 269 g/mol. The van der Waals surface area contributed by atoms with Crippen LogP contribution in [0.4, 0.5) is 5.82 Å².